The van der Waals surface area contributed by atoms with E-state index in [9.17, 15) is 0 Å². The van der Waals surface area contributed by atoms with Crippen molar-refractivity contribution in [2.24, 2.45) is 10.8 Å². The Morgan fingerprint density at radius 3 is 0.684 bits per heavy atom. The van der Waals surface area contributed by atoms with E-state index in [-0.39, 0.29) is 33.0 Å². The van der Waals surface area contributed by atoms with Crippen molar-refractivity contribution in [2.75, 3.05) is 26.4 Å². The highest BCUT2D eigenvalue weighted by Gasteiger charge is 2.61. The first-order valence-corrected chi connectivity index (χ1v) is 18.5. The Labute approximate surface area is 239 Å². The molecule has 0 aromatic heterocycles. The van der Waals surface area contributed by atoms with Crippen molar-refractivity contribution in [1.82, 2.24) is 17.8 Å². The first-order valence-electron chi connectivity index (χ1n) is 13.8. The van der Waals surface area contributed by atoms with Gasteiger partial charge in [-0.05, 0) is 83.1 Å². The Hall–Kier alpha value is 1.40. The molecule has 6 aliphatic heterocycles. The topological polar surface area (TPSA) is 49.9 Å². The molecular weight excluding hydrogens is 556 g/mol. The molecule has 0 aromatic rings. The van der Waals surface area contributed by atoms with Crippen molar-refractivity contribution in [3.63, 3.8) is 0 Å². The molecule has 38 heavy (non-hydrogen) atoms. The Morgan fingerprint density at radius 1 is 0.395 bits per heavy atom. The third kappa shape index (κ3) is 7.48. The summed E-state index contributed by atoms with van der Waals surface area (Å²) >= 11 is 0. The quantitative estimate of drug-likeness (QED) is 0.251. The number of nitrogens with zero attached hydrogens (tertiary/aromatic N) is 4. The molecule has 0 saturated carbocycles. The molecule has 0 spiro atoms. The molecule has 0 unspecified atom stereocenters. The minimum absolute atomic E-state index is 0.0552. The van der Waals surface area contributed by atoms with Gasteiger partial charge in [0.2, 0.25) is 33.8 Å². The van der Waals surface area contributed by atoms with Crippen LogP contribution in [0.2, 0.25) is 0 Å². The molecule has 4 bridgehead atoms. The summed E-state index contributed by atoms with van der Waals surface area (Å²) in [7, 11) is -3.78. The first-order chi connectivity index (χ1) is 16.9. The molecule has 8 nitrogen and oxygen atoms in total. The number of hydrogen-bond donors (Lipinski definition) is 0. The lowest BCUT2D eigenvalue weighted by molar-refractivity contribution is 0.0615. The molecular formula is C26H56N4O4P4. The van der Waals surface area contributed by atoms with Crippen LogP contribution in [0, 0.1) is 10.8 Å². The fraction of sp³-hybridized carbons (Fsp3) is 1.00. The summed E-state index contributed by atoms with van der Waals surface area (Å²) in [5, 5.41) is 0. The molecule has 12 heteroatoms. The molecule has 6 rings (SSSR count). The van der Waals surface area contributed by atoms with E-state index in [4.69, 9.17) is 18.1 Å². The lowest BCUT2D eigenvalue weighted by Crippen LogP contribution is -2.55. The standard InChI is InChI=1S/C26H56N4O4P4/c1-21(2,3)27-35-28(22(4,5)6)36(27)32-18-26(15,16)20-34-38-29(23(7,8)9)37(30(38)24(10,11)12)33-19-25(13,14)17-31-35/h17-20H2,1-16H3. The van der Waals surface area contributed by atoms with E-state index in [1.165, 1.54) is 0 Å². The minimum Gasteiger partial charge on any atom is -0.330 e. The highest BCUT2D eigenvalue weighted by atomic mass is 31.3. The van der Waals surface area contributed by atoms with Crippen molar-refractivity contribution >= 4 is 33.8 Å². The van der Waals surface area contributed by atoms with Crippen LogP contribution in [0.5, 0.6) is 0 Å². The summed E-state index contributed by atoms with van der Waals surface area (Å²) in [5.41, 5.74) is -0.494. The van der Waals surface area contributed by atoms with Crippen LogP contribution >= 0.6 is 33.8 Å². The van der Waals surface area contributed by atoms with Crippen LogP contribution in [-0.4, -0.2) is 66.3 Å². The summed E-state index contributed by atoms with van der Waals surface area (Å²) in [4.78, 5) is 0. The smallest absolute Gasteiger partial charge is 0.202 e. The second-order valence-electron chi connectivity index (χ2n) is 16.3. The Balaban J connectivity index is 1.96. The molecule has 0 aliphatic carbocycles. The number of rotatable bonds is 0. The van der Waals surface area contributed by atoms with Gasteiger partial charge in [0.25, 0.3) is 0 Å². The van der Waals surface area contributed by atoms with Gasteiger partial charge < -0.3 is 18.1 Å². The van der Waals surface area contributed by atoms with Gasteiger partial charge in [0.1, 0.15) is 0 Å². The largest absolute Gasteiger partial charge is 0.330 e. The Bertz CT molecular complexity index is 687. The molecule has 6 saturated heterocycles. The maximum Gasteiger partial charge on any atom is 0.202 e. The van der Waals surface area contributed by atoms with Crippen molar-refractivity contribution in [3.05, 3.63) is 0 Å². The van der Waals surface area contributed by atoms with Crippen LogP contribution in [0.25, 0.3) is 0 Å². The molecule has 224 valence electrons. The van der Waals surface area contributed by atoms with E-state index in [0.717, 1.165) is 0 Å². The first kappa shape index (κ1) is 33.9. The predicted molar refractivity (Wildman–Crippen MR) is 165 cm³/mol. The maximum absolute atomic E-state index is 6.82. The number of hydrogen-bond acceptors (Lipinski definition) is 8. The normalized spacial score (nSPS) is 33.5. The third-order valence-corrected chi connectivity index (χ3v) is 18.5. The Kier molecular flexibility index (Phi) is 9.95. The van der Waals surface area contributed by atoms with Crippen molar-refractivity contribution in [1.29, 1.82) is 0 Å². The van der Waals surface area contributed by atoms with Gasteiger partial charge in [0, 0.05) is 33.0 Å². The van der Waals surface area contributed by atoms with Gasteiger partial charge in [-0.2, -0.15) is 17.8 Å². The average Bonchev–Trinajstić information content (AvgIpc) is 2.59. The third-order valence-electron chi connectivity index (χ3n) is 5.98. The van der Waals surface area contributed by atoms with Crippen molar-refractivity contribution in [2.45, 2.75) is 133 Å². The zero-order chi connectivity index (χ0) is 29.3. The van der Waals surface area contributed by atoms with Crippen LogP contribution in [0.4, 0.5) is 0 Å². The van der Waals surface area contributed by atoms with Gasteiger partial charge in [-0.15, -0.1) is 0 Å². The maximum atomic E-state index is 6.82. The second-order valence-corrected chi connectivity index (χ2v) is 23.8. The Morgan fingerprint density at radius 2 is 0.553 bits per heavy atom. The molecule has 6 fully saturated rings. The fourth-order valence-corrected chi connectivity index (χ4v) is 15.7. The lowest BCUT2D eigenvalue weighted by Gasteiger charge is -2.63. The van der Waals surface area contributed by atoms with Gasteiger partial charge in [-0.25, -0.2) is 0 Å². The van der Waals surface area contributed by atoms with E-state index in [2.05, 4.69) is 129 Å². The van der Waals surface area contributed by atoms with Crippen LogP contribution in [0.3, 0.4) is 0 Å². The van der Waals surface area contributed by atoms with Gasteiger partial charge in [-0.3, -0.25) is 0 Å². The predicted octanol–water partition coefficient (Wildman–Crippen LogP) is 9.46. The molecule has 6 aliphatic rings. The van der Waals surface area contributed by atoms with E-state index in [1.54, 1.807) is 0 Å². The van der Waals surface area contributed by atoms with Crippen molar-refractivity contribution < 1.29 is 18.1 Å². The van der Waals surface area contributed by atoms with E-state index in [1.807, 2.05) is 0 Å². The van der Waals surface area contributed by atoms with Gasteiger partial charge >= 0.3 is 0 Å². The summed E-state index contributed by atoms with van der Waals surface area (Å²) in [5.74, 6) is 0. The summed E-state index contributed by atoms with van der Waals surface area (Å²) < 4.78 is 37.3. The van der Waals surface area contributed by atoms with Gasteiger partial charge in [-0.1, -0.05) is 27.7 Å². The summed E-state index contributed by atoms with van der Waals surface area (Å²) in [6.45, 7) is 38.8. The zero-order valence-corrected chi connectivity index (χ0v) is 30.6. The van der Waals surface area contributed by atoms with E-state index in [0.29, 0.717) is 26.4 Å². The average molecular weight is 613 g/mol. The molecule has 0 radical (unpaired) electrons. The van der Waals surface area contributed by atoms with Gasteiger partial charge in [0.15, 0.2) is 0 Å². The lowest BCUT2D eigenvalue weighted by atomic mass is 9.97. The van der Waals surface area contributed by atoms with Crippen LogP contribution in [-0.2, 0) is 18.1 Å². The minimum atomic E-state index is -0.945. The zero-order valence-electron chi connectivity index (χ0n) is 27.0. The molecule has 0 atom stereocenters. The molecule has 0 N–H and O–H groups in total. The van der Waals surface area contributed by atoms with Crippen molar-refractivity contribution in [3.8, 4) is 0 Å². The fourth-order valence-electron chi connectivity index (χ4n) is 4.02. The molecule has 0 aromatic carbocycles. The molecule has 6 heterocycles. The second kappa shape index (κ2) is 11.2. The van der Waals surface area contributed by atoms with Crippen LogP contribution < -0.4 is 0 Å². The summed E-state index contributed by atoms with van der Waals surface area (Å²) in [6.07, 6.45) is 0. The highest BCUT2D eigenvalue weighted by molar-refractivity contribution is 7.78. The van der Waals surface area contributed by atoms with Crippen LogP contribution in [0.15, 0.2) is 0 Å². The highest BCUT2D eigenvalue weighted by Crippen LogP contribution is 2.83. The SMILES string of the molecule is CC1(C)COP2N(C(C)(C)C)P(OCC(C)(C)COP3N(C(C)(C)C)P(OC1)N3C(C)(C)C)N2C(C)(C)C. The monoisotopic (exact) mass is 612 g/mol. The molecule has 0 amide bonds. The summed E-state index contributed by atoms with van der Waals surface area (Å²) in [6, 6.07) is 0. The van der Waals surface area contributed by atoms with E-state index >= 15 is 0 Å². The van der Waals surface area contributed by atoms with Gasteiger partial charge in [0.05, 0.1) is 26.4 Å². The van der Waals surface area contributed by atoms with Crippen LogP contribution in [0.1, 0.15) is 111 Å². The van der Waals surface area contributed by atoms with E-state index < -0.39 is 33.8 Å².